The van der Waals surface area contributed by atoms with Crippen molar-refractivity contribution in [2.24, 2.45) is 7.05 Å². The zero-order valence-corrected chi connectivity index (χ0v) is 11.9. The maximum Gasteiger partial charge on any atom is 0.274 e. The Morgan fingerprint density at radius 1 is 1.30 bits per heavy atom. The summed E-state index contributed by atoms with van der Waals surface area (Å²) in [6, 6.07) is 10.3. The van der Waals surface area contributed by atoms with E-state index < -0.39 is 0 Å². The van der Waals surface area contributed by atoms with Gasteiger partial charge in [0.2, 0.25) is 0 Å². The van der Waals surface area contributed by atoms with Crippen LogP contribution in [0, 0.1) is 6.92 Å². The van der Waals surface area contributed by atoms with Crippen LogP contribution >= 0.6 is 0 Å². The van der Waals surface area contributed by atoms with Crippen molar-refractivity contribution < 1.29 is 4.79 Å². The predicted molar refractivity (Wildman–Crippen MR) is 77.4 cm³/mol. The molecule has 2 aromatic rings. The third-order valence-corrected chi connectivity index (χ3v) is 3.99. The highest BCUT2D eigenvalue weighted by Crippen LogP contribution is 2.34. The first-order valence-corrected chi connectivity index (χ1v) is 7.03. The minimum atomic E-state index is 0.0383. The summed E-state index contributed by atoms with van der Waals surface area (Å²) in [4.78, 5) is 14.6. The molecule has 20 heavy (non-hydrogen) atoms. The first-order valence-electron chi connectivity index (χ1n) is 7.03. The van der Waals surface area contributed by atoms with Crippen LogP contribution < -0.4 is 0 Å². The van der Waals surface area contributed by atoms with Crippen LogP contribution in [0.5, 0.6) is 0 Å². The number of hydrogen-bond donors (Lipinski definition) is 0. The highest BCUT2D eigenvalue weighted by molar-refractivity contribution is 5.92. The van der Waals surface area contributed by atoms with Crippen LogP contribution in [-0.4, -0.2) is 27.1 Å². The van der Waals surface area contributed by atoms with E-state index in [1.807, 2.05) is 30.3 Å². The normalized spacial score (nSPS) is 18.5. The summed E-state index contributed by atoms with van der Waals surface area (Å²) in [5.74, 6) is 0.0383. The van der Waals surface area contributed by atoms with Gasteiger partial charge in [-0.2, -0.15) is 5.10 Å². The van der Waals surface area contributed by atoms with Crippen LogP contribution in [0.3, 0.4) is 0 Å². The number of nitrogens with zero attached hydrogens (tertiary/aromatic N) is 3. The molecule has 1 atom stereocenters. The molecule has 1 aliphatic rings. The highest BCUT2D eigenvalue weighted by Gasteiger charge is 2.32. The molecule has 0 N–H and O–H groups in total. The molecule has 1 fully saturated rings. The van der Waals surface area contributed by atoms with Gasteiger partial charge in [0.05, 0.1) is 6.04 Å². The number of likely N-dealkylation sites (tertiary alicyclic amines) is 1. The van der Waals surface area contributed by atoms with Gasteiger partial charge >= 0.3 is 0 Å². The summed E-state index contributed by atoms with van der Waals surface area (Å²) in [5, 5.41) is 4.23. The Bertz CT molecular complexity index is 632. The smallest absolute Gasteiger partial charge is 0.274 e. The van der Waals surface area contributed by atoms with Crippen LogP contribution in [0.15, 0.2) is 36.5 Å². The molecule has 1 unspecified atom stereocenters. The topological polar surface area (TPSA) is 38.1 Å². The highest BCUT2D eigenvalue weighted by atomic mass is 16.2. The number of hydrogen-bond acceptors (Lipinski definition) is 2. The molecule has 0 radical (unpaired) electrons. The van der Waals surface area contributed by atoms with E-state index >= 15 is 0 Å². The summed E-state index contributed by atoms with van der Waals surface area (Å²) < 4.78 is 1.67. The molecular weight excluding hydrogens is 250 g/mol. The van der Waals surface area contributed by atoms with E-state index in [1.165, 1.54) is 11.1 Å². The molecule has 1 saturated heterocycles. The van der Waals surface area contributed by atoms with Gasteiger partial charge in [0.15, 0.2) is 0 Å². The molecule has 0 spiro atoms. The van der Waals surface area contributed by atoms with Gasteiger partial charge in [0.1, 0.15) is 5.69 Å². The number of aromatic nitrogens is 2. The minimum Gasteiger partial charge on any atom is -0.330 e. The zero-order valence-electron chi connectivity index (χ0n) is 11.9. The van der Waals surface area contributed by atoms with E-state index in [9.17, 15) is 4.79 Å². The number of carbonyl (C=O) groups is 1. The van der Waals surface area contributed by atoms with E-state index in [4.69, 9.17) is 0 Å². The third kappa shape index (κ3) is 2.22. The first-order chi connectivity index (χ1) is 9.66. The number of aryl methyl sites for hydroxylation is 2. The second-order valence-corrected chi connectivity index (χ2v) is 5.39. The molecule has 1 amide bonds. The SMILES string of the molecule is Cc1ccccc1C1CCCN1C(=O)c1ccn(C)n1. The third-order valence-electron chi connectivity index (χ3n) is 3.99. The summed E-state index contributed by atoms with van der Waals surface area (Å²) in [6.07, 6.45) is 3.90. The number of carbonyl (C=O) groups excluding carboxylic acids is 1. The number of benzene rings is 1. The van der Waals surface area contributed by atoms with E-state index in [-0.39, 0.29) is 11.9 Å². The number of rotatable bonds is 2. The molecule has 104 valence electrons. The molecule has 3 rings (SSSR count). The summed E-state index contributed by atoms with van der Waals surface area (Å²) in [7, 11) is 1.83. The molecule has 1 aromatic heterocycles. The fourth-order valence-corrected chi connectivity index (χ4v) is 2.97. The Labute approximate surface area is 119 Å². The van der Waals surface area contributed by atoms with Crippen molar-refractivity contribution in [1.29, 1.82) is 0 Å². The Balaban J connectivity index is 1.90. The zero-order chi connectivity index (χ0) is 14.1. The van der Waals surface area contributed by atoms with Gasteiger partial charge < -0.3 is 4.90 Å². The van der Waals surface area contributed by atoms with Gasteiger partial charge in [-0.1, -0.05) is 24.3 Å². The van der Waals surface area contributed by atoms with Crippen LogP contribution in [-0.2, 0) is 7.05 Å². The van der Waals surface area contributed by atoms with Crippen molar-refractivity contribution in [2.75, 3.05) is 6.54 Å². The maximum absolute atomic E-state index is 12.6. The van der Waals surface area contributed by atoms with Crippen LogP contribution in [0.1, 0.15) is 40.5 Å². The molecule has 1 aromatic carbocycles. The Kier molecular flexibility index (Phi) is 3.30. The van der Waals surface area contributed by atoms with E-state index in [0.29, 0.717) is 5.69 Å². The molecule has 2 heterocycles. The predicted octanol–water partition coefficient (Wildman–Crippen LogP) is 2.71. The Hall–Kier alpha value is -2.10. The average Bonchev–Trinajstić information content (AvgIpc) is 3.07. The molecule has 4 nitrogen and oxygen atoms in total. The molecular formula is C16H19N3O. The van der Waals surface area contributed by atoms with Gasteiger partial charge in [-0.05, 0) is 37.0 Å². The van der Waals surface area contributed by atoms with Crippen molar-refractivity contribution in [3.63, 3.8) is 0 Å². The average molecular weight is 269 g/mol. The van der Waals surface area contributed by atoms with E-state index in [0.717, 1.165) is 19.4 Å². The lowest BCUT2D eigenvalue weighted by Gasteiger charge is -2.25. The fourth-order valence-electron chi connectivity index (χ4n) is 2.97. The maximum atomic E-state index is 12.6. The lowest BCUT2D eigenvalue weighted by molar-refractivity contribution is 0.0728. The molecule has 0 saturated carbocycles. The largest absolute Gasteiger partial charge is 0.330 e. The van der Waals surface area contributed by atoms with Crippen molar-refractivity contribution in [1.82, 2.24) is 14.7 Å². The van der Waals surface area contributed by atoms with Crippen molar-refractivity contribution in [3.05, 3.63) is 53.3 Å². The first kappa shape index (κ1) is 12.9. The van der Waals surface area contributed by atoms with Gasteiger partial charge in [-0.3, -0.25) is 9.48 Å². The lowest BCUT2D eigenvalue weighted by atomic mass is 9.99. The number of amides is 1. The van der Waals surface area contributed by atoms with Crippen LogP contribution in [0.25, 0.3) is 0 Å². The summed E-state index contributed by atoms with van der Waals surface area (Å²) >= 11 is 0. The second-order valence-electron chi connectivity index (χ2n) is 5.39. The standard InChI is InChI=1S/C16H19N3O/c1-12-6-3-4-7-13(12)15-8-5-10-19(15)16(20)14-9-11-18(2)17-14/h3-4,6-7,9,11,15H,5,8,10H2,1-2H3. The monoisotopic (exact) mass is 269 g/mol. The van der Waals surface area contributed by atoms with Crippen molar-refractivity contribution in [3.8, 4) is 0 Å². The lowest BCUT2D eigenvalue weighted by Crippen LogP contribution is -2.31. The van der Waals surface area contributed by atoms with E-state index in [2.05, 4.69) is 24.2 Å². The molecule has 1 aliphatic heterocycles. The van der Waals surface area contributed by atoms with Crippen molar-refractivity contribution in [2.45, 2.75) is 25.8 Å². The van der Waals surface area contributed by atoms with Gasteiger partial charge in [0, 0.05) is 19.8 Å². The quantitative estimate of drug-likeness (QED) is 0.840. The second kappa shape index (κ2) is 5.12. The minimum absolute atomic E-state index is 0.0383. The summed E-state index contributed by atoms with van der Waals surface area (Å²) in [5.41, 5.74) is 3.04. The fraction of sp³-hybridized carbons (Fsp3) is 0.375. The van der Waals surface area contributed by atoms with Gasteiger partial charge in [-0.15, -0.1) is 0 Å². The Morgan fingerprint density at radius 3 is 2.80 bits per heavy atom. The van der Waals surface area contributed by atoms with Crippen LogP contribution in [0.2, 0.25) is 0 Å². The van der Waals surface area contributed by atoms with Crippen molar-refractivity contribution >= 4 is 5.91 Å². The molecule has 4 heteroatoms. The molecule has 0 bridgehead atoms. The Morgan fingerprint density at radius 2 is 2.10 bits per heavy atom. The van der Waals surface area contributed by atoms with Gasteiger partial charge in [-0.25, -0.2) is 0 Å². The molecule has 0 aliphatic carbocycles. The van der Waals surface area contributed by atoms with Crippen LogP contribution in [0.4, 0.5) is 0 Å². The summed E-state index contributed by atoms with van der Waals surface area (Å²) in [6.45, 7) is 2.92. The van der Waals surface area contributed by atoms with E-state index in [1.54, 1.807) is 10.7 Å². The van der Waals surface area contributed by atoms with Gasteiger partial charge in [0.25, 0.3) is 5.91 Å².